The molecule has 2 N–H and O–H groups in total. The summed E-state index contributed by atoms with van der Waals surface area (Å²) in [4.78, 5) is 32.6. The Morgan fingerprint density at radius 1 is 1.06 bits per heavy atom. The summed E-state index contributed by atoms with van der Waals surface area (Å²) in [6.07, 6.45) is 1.23. The zero-order valence-electron chi connectivity index (χ0n) is 18.6. The van der Waals surface area contributed by atoms with Gasteiger partial charge in [0.2, 0.25) is 0 Å². The molecule has 1 aliphatic rings. The Morgan fingerprint density at radius 2 is 1.78 bits per heavy atom. The first-order chi connectivity index (χ1) is 15.1. The average molecular weight is 445 g/mol. The molecule has 3 rings (SSSR count). The monoisotopic (exact) mass is 445 g/mol. The van der Waals surface area contributed by atoms with Gasteiger partial charge in [0, 0.05) is 32.2 Å². The summed E-state index contributed by atoms with van der Waals surface area (Å²) in [5.74, 6) is 0.603. The standard InChI is InChI=1S/C22H28FN5O4/c1-22(2,3)32-21(30)28-11-9-27(10-12-28)19-8-6-16(14-24-19)25-20(29)26-17-13-15(23)5-7-18(17)31-4/h5-8,13-14H,9-12H2,1-4H3,(H2,25,26,29). The van der Waals surface area contributed by atoms with Crippen molar-refractivity contribution in [3.05, 3.63) is 42.3 Å². The van der Waals surface area contributed by atoms with Gasteiger partial charge in [-0.15, -0.1) is 0 Å². The van der Waals surface area contributed by atoms with E-state index in [2.05, 4.69) is 20.5 Å². The van der Waals surface area contributed by atoms with Crippen molar-refractivity contribution in [2.75, 3.05) is 48.8 Å². The number of nitrogens with one attached hydrogen (secondary N) is 2. The molecule has 1 aromatic carbocycles. The molecular weight excluding hydrogens is 417 g/mol. The van der Waals surface area contributed by atoms with Gasteiger partial charge in [0.15, 0.2) is 0 Å². The SMILES string of the molecule is COc1ccc(F)cc1NC(=O)Nc1ccc(N2CCN(C(=O)OC(C)(C)C)CC2)nc1. The molecule has 0 aliphatic carbocycles. The molecule has 1 saturated heterocycles. The van der Waals surface area contributed by atoms with Gasteiger partial charge in [-0.1, -0.05) is 0 Å². The van der Waals surface area contributed by atoms with Crippen LogP contribution in [-0.2, 0) is 4.74 Å². The zero-order valence-corrected chi connectivity index (χ0v) is 18.6. The van der Waals surface area contributed by atoms with Crippen molar-refractivity contribution < 1.29 is 23.5 Å². The Labute approximate surface area is 186 Å². The van der Waals surface area contributed by atoms with Crippen molar-refractivity contribution in [2.45, 2.75) is 26.4 Å². The van der Waals surface area contributed by atoms with Crippen LogP contribution in [0.3, 0.4) is 0 Å². The van der Waals surface area contributed by atoms with Gasteiger partial charge >= 0.3 is 12.1 Å². The molecule has 32 heavy (non-hydrogen) atoms. The summed E-state index contributed by atoms with van der Waals surface area (Å²) >= 11 is 0. The van der Waals surface area contributed by atoms with Gasteiger partial charge < -0.3 is 29.9 Å². The van der Waals surface area contributed by atoms with Crippen molar-refractivity contribution in [3.63, 3.8) is 0 Å². The number of piperazine rings is 1. The van der Waals surface area contributed by atoms with Crippen molar-refractivity contribution in [1.29, 1.82) is 0 Å². The lowest BCUT2D eigenvalue weighted by atomic mass is 10.2. The summed E-state index contributed by atoms with van der Waals surface area (Å²) in [5, 5.41) is 5.21. The first kappa shape index (κ1) is 23.1. The molecule has 172 valence electrons. The Balaban J connectivity index is 1.53. The first-order valence-electron chi connectivity index (χ1n) is 10.2. The highest BCUT2D eigenvalue weighted by Gasteiger charge is 2.26. The van der Waals surface area contributed by atoms with Crippen LogP contribution in [0.15, 0.2) is 36.5 Å². The molecule has 0 saturated carbocycles. The number of hydrogen-bond donors (Lipinski definition) is 2. The van der Waals surface area contributed by atoms with E-state index in [0.717, 1.165) is 5.82 Å². The lowest BCUT2D eigenvalue weighted by Gasteiger charge is -2.36. The molecule has 1 aliphatic heterocycles. The number of anilines is 3. The van der Waals surface area contributed by atoms with Crippen LogP contribution in [-0.4, -0.2) is 60.9 Å². The smallest absolute Gasteiger partial charge is 0.410 e. The van der Waals surface area contributed by atoms with Crippen LogP contribution in [0.2, 0.25) is 0 Å². The molecule has 1 aromatic heterocycles. The maximum absolute atomic E-state index is 13.5. The molecular formula is C22H28FN5O4. The van der Waals surface area contributed by atoms with E-state index in [-0.39, 0.29) is 11.8 Å². The van der Waals surface area contributed by atoms with Crippen LogP contribution in [0.1, 0.15) is 20.8 Å². The van der Waals surface area contributed by atoms with Gasteiger partial charge in [-0.05, 0) is 45.0 Å². The molecule has 0 spiro atoms. The summed E-state index contributed by atoms with van der Waals surface area (Å²) in [6, 6.07) is 6.83. The normalized spacial score (nSPS) is 14.0. The van der Waals surface area contributed by atoms with Crippen molar-refractivity contribution in [3.8, 4) is 5.75 Å². The average Bonchev–Trinajstić information content (AvgIpc) is 2.73. The number of carbonyl (C=O) groups is 2. The lowest BCUT2D eigenvalue weighted by Crippen LogP contribution is -2.50. The fourth-order valence-electron chi connectivity index (χ4n) is 3.15. The number of hydrogen-bond acceptors (Lipinski definition) is 6. The van der Waals surface area contributed by atoms with Crippen LogP contribution in [0.25, 0.3) is 0 Å². The summed E-state index contributed by atoms with van der Waals surface area (Å²) in [6.45, 7) is 7.85. The van der Waals surface area contributed by atoms with Crippen molar-refractivity contribution in [1.82, 2.24) is 9.88 Å². The molecule has 0 radical (unpaired) electrons. The number of benzene rings is 1. The molecule has 0 atom stereocenters. The molecule has 10 heteroatoms. The van der Waals surface area contributed by atoms with E-state index in [1.165, 1.54) is 31.5 Å². The zero-order chi connectivity index (χ0) is 23.3. The Bertz CT molecular complexity index is 954. The molecule has 0 unspecified atom stereocenters. The van der Waals surface area contributed by atoms with E-state index in [1.807, 2.05) is 20.8 Å². The van der Waals surface area contributed by atoms with Crippen LogP contribution >= 0.6 is 0 Å². The second kappa shape index (κ2) is 9.71. The highest BCUT2D eigenvalue weighted by Crippen LogP contribution is 2.25. The number of carbonyl (C=O) groups excluding carboxylic acids is 2. The van der Waals surface area contributed by atoms with E-state index in [0.29, 0.717) is 37.6 Å². The quantitative estimate of drug-likeness (QED) is 0.740. The second-order valence-corrected chi connectivity index (χ2v) is 8.28. The topological polar surface area (TPSA) is 96.0 Å². The van der Waals surface area contributed by atoms with Gasteiger partial charge in [-0.3, -0.25) is 0 Å². The van der Waals surface area contributed by atoms with E-state index in [1.54, 1.807) is 17.0 Å². The maximum atomic E-state index is 13.5. The number of aromatic nitrogens is 1. The fraction of sp³-hybridized carbons (Fsp3) is 0.409. The van der Waals surface area contributed by atoms with Gasteiger partial charge in [-0.2, -0.15) is 0 Å². The van der Waals surface area contributed by atoms with E-state index >= 15 is 0 Å². The van der Waals surface area contributed by atoms with Gasteiger partial charge in [0.25, 0.3) is 0 Å². The van der Waals surface area contributed by atoms with E-state index < -0.39 is 17.4 Å². The molecule has 0 bridgehead atoms. The molecule has 1 fully saturated rings. The first-order valence-corrected chi connectivity index (χ1v) is 10.2. The minimum atomic E-state index is -0.547. The van der Waals surface area contributed by atoms with Gasteiger partial charge in [0.1, 0.15) is 23.0 Å². The number of rotatable bonds is 4. The number of nitrogens with zero attached hydrogens (tertiary/aromatic N) is 3. The molecule has 9 nitrogen and oxygen atoms in total. The van der Waals surface area contributed by atoms with Crippen LogP contribution in [0.4, 0.5) is 31.2 Å². The Hall–Kier alpha value is -3.56. The highest BCUT2D eigenvalue weighted by atomic mass is 19.1. The summed E-state index contributed by atoms with van der Waals surface area (Å²) < 4.78 is 24.0. The van der Waals surface area contributed by atoms with Crippen LogP contribution in [0, 0.1) is 5.82 Å². The molecule has 2 aromatic rings. The third-order valence-electron chi connectivity index (χ3n) is 4.67. The van der Waals surface area contributed by atoms with E-state index in [4.69, 9.17) is 9.47 Å². The highest BCUT2D eigenvalue weighted by molar-refractivity contribution is 6.00. The summed E-state index contributed by atoms with van der Waals surface area (Å²) in [5.41, 5.74) is 0.177. The number of methoxy groups -OCH3 is 1. The molecule has 2 heterocycles. The predicted molar refractivity (Wildman–Crippen MR) is 120 cm³/mol. The number of urea groups is 1. The lowest BCUT2D eigenvalue weighted by molar-refractivity contribution is 0.0240. The second-order valence-electron chi connectivity index (χ2n) is 8.28. The van der Waals surface area contributed by atoms with E-state index in [9.17, 15) is 14.0 Å². The van der Waals surface area contributed by atoms with Crippen LogP contribution < -0.4 is 20.3 Å². The van der Waals surface area contributed by atoms with Crippen molar-refractivity contribution in [2.24, 2.45) is 0 Å². The third kappa shape index (κ3) is 6.22. The van der Waals surface area contributed by atoms with Gasteiger partial charge in [-0.25, -0.2) is 19.0 Å². The number of pyridine rings is 1. The minimum absolute atomic E-state index is 0.220. The van der Waals surface area contributed by atoms with Gasteiger partial charge in [0.05, 0.1) is 24.7 Å². The number of amides is 3. The molecule has 3 amide bonds. The summed E-state index contributed by atoms with van der Waals surface area (Å²) in [7, 11) is 1.44. The number of halogens is 1. The minimum Gasteiger partial charge on any atom is -0.495 e. The fourth-order valence-corrected chi connectivity index (χ4v) is 3.15. The van der Waals surface area contributed by atoms with Crippen LogP contribution in [0.5, 0.6) is 5.75 Å². The maximum Gasteiger partial charge on any atom is 0.410 e. The number of ether oxygens (including phenoxy) is 2. The largest absolute Gasteiger partial charge is 0.495 e. The predicted octanol–water partition coefficient (Wildman–Crippen LogP) is 3.93. The Morgan fingerprint density at radius 3 is 2.38 bits per heavy atom. The third-order valence-corrected chi connectivity index (χ3v) is 4.67. The van der Waals surface area contributed by atoms with Crippen molar-refractivity contribution >= 4 is 29.3 Å². The Kier molecular flexibility index (Phi) is 7.01.